The number of nitrogens with zero attached hydrogens (tertiary/aromatic N) is 8. The Morgan fingerprint density at radius 2 is 0.734 bits per heavy atom. The zero-order chi connectivity index (χ0) is 55.8. The number of hydrogen-bond acceptors (Lipinski definition) is 16. The third kappa shape index (κ3) is 9.78. The van der Waals surface area contributed by atoms with Gasteiger partial charge < -0.3 is 0 Å². The van der Waals surface area contributed by atoms with Gasteiger partial charge in [0.2, 0.25) is 0 Å². The van der Waals surface area contributed by atoms with Crippen molar-refractivity contribution in [1.29, 1.82) is 0 Å². The summed E-state index contributed by atoms with van der Waals surface area (Å²) in [5, 5.41) is 18.8. The third-order valence-electron chi connectivity index (χ3n) is 14.5. The van der Waals surface area contributed by atoms with Crippen molar-refractivity contribution in [3.63, 3.8) is 0 Å². The predicted molar refractivity (Wildman–Crippen MR) is 305 cm³/mol. The lowest BCUT2D eigenvalue weighted by atomic mass is 9.91. The maximum absolute atomic E-state index is 14.1. The molecule has 18 nitrogen and oxygen atoms in total. The zero-order valence-electron chi connectivity index (χ0n) is 42.9. The van der Waals surface area contributed by atoms with Crippen LogP contribution in [0.4, 0.5) is 34.1 Å². The molecule has 10 aromatic rings. The van der Waals surface area contributed by atoms with Gasteiger partial charge in [0.15, 0.2) is 0 Å². The SMILES string of the molecule is Cc1ccc(N=O)c(Cc2cc(C)c(N=O)c(Cc3cc(C)c(N=O)c(Cc4ccc(-n5c(=O)c6cc7c(=O)n(-c8ccc(Cc9ccc(Cc%10cccc(C)c%10N=O)cc9)c(N=O)c8)c(=O)c7cc6c5=O)cc4N=O)c3)c2)c1. The lowest BCUT2D eigenvalue weighted by molar-refractivity contribution is 0.984. The van der Waals surface area contributed by atoms with Crippen LogP contribution >= 0.6 is 0 Å². The van der Waals surface area contributed by atoms with Crippen LogP contribution in [0.2, 0.25) is 0 Å². The van der Waals surface area contributed by atoms with Gasteiger partial charge in [-0.25, -0.2) is 9.13 Å². The normalized spacial score (nSPS) is 11.3. The zero-order valence-corrected chi connectivity index (χ0v) is 42.9. The van der Waals surface area contributed by atoms with Gasteiger partial charge in [-0.05, 0) is 199 Å². The Morgan fingerprint density at radius 3 is 1.20 bits per heavy atom. The van der Waals surface area contributed by atoms with Gasteiger partial charge in [0.25, 0.3) is 22.2 Å². The van der Waals surface area contributed by atoms with Gasteiger partial charge in [0, 0.05) is 6.42 Å². The Bertz CT molecular complexity index is 4380. The molecule has 0 radical (unpaired) electrons. The maximum atomic E-state index is 14.1. The number of nitroso groups, excluding NO2 is 6. The topological polar surface area (TPSA) is 255 Å². The summed E-state index contributed by atoms with van der Waals surface area (Å²) in [7, 11) is 0. The van der Waals surface area contributed by atoms with Crippen LogP contribution in [-0.4, -0.2) is 9.13 Å². The molecule has 0 saturated carbocycles. The van der Waals surface area contributed by atoms with Gasteiger partial charge in [0.1, 0.15) is 34.1 Å². The quantitative estimate of drug-likeness (QED) is 0.0734. The first-order valence-corrected chi connectivity index (χ1v) is 24.9. The van der Waals surface area contributed by atoms with Crippen molar-refractivity contribution in [3.8, 4) is 11.4 Å². The van der Waals surface area contributed by atoms with Crippen LogP contribution in [0.1, 0.15) is 77.9 Å². The first kappa shape index (κ1) is 52.1. The van der Waals surface area contributed by atoms with E-state index in [9.17, 15) is 48.6 Å². The average Bonchev–Trinajstić information content (AvgIpc) is 3.97. The van der Waals surface area contributed by atoms with Crippen LogP contribution in [0.15, 0.2) is 184 Å². The molecule has 0 atom stereocenters. The summed E-state index contributed by atoms with van der Waals surface area (Å²) in [5.41, 5.74) is 7.32. The van der Waals surface area contributed by atoms with Gasteiger partial charge in [-0.3, -0.25) is 19.2 Å². The van der Waals surface area contributed by atoms with E-state index in [2.05, 4.69) is 31.1 Å². The summed E-state index contributed by atoms with van der Waals surface area (Å²) >= 11 is 0. The number of fused-ring (bicyclic) bond motifs is 2. The molecule has 0 saturated heterocycles. The number of aryl methyl sites for hydroxylation is 4. The van der Waals surface area contributed by atoms with Crippen LogP contribution in [0.3, 0.4) is 0 Å². The fourth-order valence-corrected chi connectivity index (χ4v) is 10.7. The van der Waals surface area contributed by atoms with E-state index in [0.717, 1.165) is 48.1 Å². The molecule has 0 aliphatic rings. The van der Waals surface area contributed by atoms with Crippen molar-refractivity contribution in [2.45, 2.75) is 59.8 Å². The van der Waals surface area contributed by atoms with Gasteiger partial charge in [0.05, 0.1) is 32.9 Å². The van der Waals surface area contributed by atoms with E-state index in [1.54, 1.807) is 44.2 Å². The van der Waals surface area contributed by atoms with E-state index in [0.29, 0.717) is 69.6 Å². The number of aromatic nitrogens is 2. The largest absolute Gasteiger partial charge is 0.268 e. The minimum absolute atomic E-state index is 0.00760. The van der Waals surface area contributed by atoms with E-state index < -0.39 is 22.2 Å². The summed E-state index contributed by atoms with van der Waals surface area (Å²) in [5.74, 6) is 0. The molecule has 0 aliphatic heterocycles. The fraction of sp³-hybridized carbons (Fsp3) is 0.148. The molecule has 2 aromatic heterocycles. The minimum Gasteiger partial charge on any atom is -0.268 e. The highest BCUT2D eigenvalue weighted by Gasteiger charge is 2.24. The fourth-order valence-electron chi connectivity index (χ4n) is 10.7. The Labute approximate surface area is 447 Å². The van der Waals surface area contributed by atoms with Crippen molar-refractivity contribution >= 4 is 55.7 Å². The number of rotatable bonds is 18. The first-order chi connectivity index (χ1) is 38.1. The third-order valence-corrected chi connectivity index (χ3v) is 14.5. The summed E-state index contributed by atoms with van der Waals surface area (Å²) < 4.78 is 1.67. The van der Waals surface area contributed by atoms with Gasteiger partial charge in [-0.2, -0.15) is 0 Å². The lowest BCUT2D eigenvalue weighted by Gasteiger charge is -2.15. The number of benzene rings is 8. The Balaban J connectivity index is 0.915. The highest BCUT2D eigenvalue weighted by molar-refractivity contribution is 5.98. The molecule has 0 fully saturated rings. The molecule has 0 bridgehead atoms. The molecule has 0 aliphatic carbocycles. The molecule has 0 N–H and O–H groups in total. The summed E-state index contributed by atoms with van der Waals surface area (Å²) in [6, 6.07) is 36.7. The van der Waals surface area contributed by atoms with Crippen LogP contribution in [0.5, 0.6) is 0 Å². The van der Waals surface area contributed by atoms with Crippen LogP contribution in [0.25, 0.3) is 32.9 Å². The molecular formula is C61H44N8O10. The van der Waals surface area contributed by atoms with Gasteiger partial charge >= 0.3 is 0 Å². The second-order valence-corrected chi connectivity index (χ2v) is 19.8. The maximum Gasteiger partial charge on any atom is 0.266 e. The molecule has 79 heavy (non-hydrogen) atoms. The average molecular weight is 1050 g/mol. The second kappa shape index (κ2) is 21.3. The minimum atomic E-state index is -0.826. The van der Waals surface area contributed by atoms with Crippen LogP contribution in [0, 0.1) is 57.1 Å². The summed E-state index contributed by atoms with van der Waals surface area (Å²) in [4.78, 5) is 128. The summed E-state index contributed by atoms with van der Waals surface area (Å²) in [6.07, 6.45) is 1.34. The van der Waals surface area contributed by atoms with Crippen molar-refractivity contribution < 1.29 is 0 Å². The van der Waals surface area contributed by atoms with Crippen molar-refractivity contribution in [3.05, 3.63) is 282 Å². The van der Waals surface area contributed by atoms with Crippen LogP contribution < -0.4 is 22.2 Å². The Morgan fingerprint density at radius 1 is 0.316 bits per heavy atom. The van der Waals surface area contributed by atoms with Crippen LogP contribution in [-0.2, 0) is 32.1 Å². The highest BCUT2D eigenvalue weighted by Crippen LogP contribution is 2.36. The van der Waals surface area contributed by atoms with E-state index in [4.69, 9.17) is 0 Å². The predicted octanol–water partition coefficient (Wildman–Crippen LogP) is 13.5. The van der Waals surface area contributed by atoms with Gasteiger partial charge in [-0.1, -0.05) is 96.6 Å². The Hall–Kier alpha value is -10.4. The van der Waals surface area contributed by atoms with Crippen molar-refractivity contribution in [1.82, 2.24) is 9.13 Å². The van der Waals surface area contributed by atoms with E-state index >= 15 is 0 Å². The molecule has 388 valence electrons. The first-order valence-electron chi connectivity index (χ1n) is 24.9. The number of hydrogen-bond donors (Lipinski definition) is 0. The second-order valence-electron chi connectivity index (χ2n) is 19.8. The molecule has 10 rings (SSSR count). The molecule has 0 amide bonds. The van der Waals surface area contributed by atoms with Gasteiger partial charge in [-0.15, -0.1) is 29.4 Å². The van der Waals surface area contributed by atoms with E-state index in [1.165, 1.54) is 42.5 Å². The highest BCUT2D eigenvalue weighted by atomic mass is 16.3. The Kier molecular flexibility index (Phi) is 14.1. The summed E-state index contributed by atoms with van der Waals surface area (Å²) in [6.45, 7) is 7.21. The van der Waals surface area contributed by atoms with E-state index in [1.807, 2.05) is 74.5 Å². The molecule has 8 aromatic carbocycles. The van der Waals surface area contributed by atoms with Crippen molar-refractivity contribution in [2.75, 3.05) is 0 Å². The molecule has 0 spiro atoms. The molecule has 2 heterocycles. The molecular weight excluding hydrogens is 1000 g/mol. The smallest absolute Gasteiger partial charge is 0.266 e. The van der Waals surface area contributed by atoms with E-state index in [-0.39, 0.29) is 68.5 Å². The monoisotopic (exact) mass is 1050 g/mol. The standard InChI is InChI=1S/C61H44N8O10/c1-32-8-17-52(62-74)43(18-32)23-38-19-34(3)56(66-78)44(24-38)25-39-20-35(4)57(67-79)45(26-39)27-41-14-16-47(29-54(41)64-76)69-60(72)50-30-48-49(31-51(50)61(69)73)59(71)68(58(48)70)46-15-13-40(53(28-46)63-75)21-36-9-11-37(12-10-36)22-42-7-5-6-33(2)55(42)65-77/h5-20,24,26,28-31H,21-23,25,27H2,1-4H3. The molecule has 0 unspecified atom stereocenters. The van der Waals surface area contributed by atoms with Crippen molar-refractivity contribution in [2.24, 2.45) is 31.1 Å². The molecule has 18 heteroatoms. The lowest BCUT2D eigenvalue weighted by Crippen LogP contribution is -2.24.